The van der Waals surface area contributed by atoms with Crippen molar-refractivity contribution in [3.05, 3.63) is 87.1 Å². The Labute approximate surface area is 174 Å². The number of hydrogen-bond acceptors (Lipinski definition) is 5. The normalized spacial score (nSPS) is 12.9. The van der Waals surface area contributed by atoms with Crippen molar-refractivity contribution in [2.24, 2.45) is 0 Å². The summed E-state index contributed by atoms with van der Waals surface area (Å²) in [5.41, 5.74) is 2.65. The van der Waals surface area contributed by atoms with Gasteiger partial charge in [-0.3, -0.25) is 9.59 Å². The number of aromatic nitrogens is 2. The number of H-pyrrole nitrogens is 1. The number of benzene rings is 2. The maximum atomic E-state index is 12.9. The molecule has 1 aromatic heterocycles. The van der Waals surface area contributed by atoms with Crippen LogP contribution in [0.15, 0.2) is 53.3 Å². The molecule has 0 bridgehead atoms. The molecule has 7 heteroatoms. The third-order valence-corrected chi connectivity index (χ3v) is 5.23. The number of hydrogen-bond donors (Lipinski definition) is 1. The third-order valence-electron chi connectivity index (χ3n) is 5.23. The quantitative estimate of drug-likeness (QED) is 0.705. The van der Waals surface area contributed by atoms with Crippen molar-refractivity contribution in [2.45, 2.75) is 19.4 Å². The fourth-order valence-electron chi connectivity index (χ4n) is 3.65. The number of carbonyl (C=O) groups is 1. The summed E-state index contributed by atoms with van der Waals surface area (Å²) >= 11 is 0. The van der Waals surface area contributed by atoms with Gasteiger partial charge in [0.25, 0.3) is 11.5 Å². The van der Waals surface area contributed by atoms with Crippen LogP contribution in [0.2, 0.25) is 0 Å². The van der Waals surface area contributed by atoms with E-state index in [1.807, 2.05) is 24.3 Å². The molecular formula is C23H23N3O4. The predicted octanol–water partition coefficient (Wildman–Crippen LogP) is 2.58. The first-order valence-corrected chi connectivity index (χ1v) is 9.74. The summed E-state index contributed by atoms with van der Waals surface area (Å²) < 4.78 is 10.5. The minimum absolute atomic E-state index is 0.126. The van der Waals surface area contributed by atoms with Gasteiger partial charge in [0.05, 0.1) is 32.0 Å². The Morgan fingerprint density at radius 1 is 1.10 bits per heavy atom. The van der Waals surface area contributed by atoms with Gasteiger partial charge in [-0.1, -0.05) is 18.2 Å². The molecule has 0 saturated carbocycles. The Kier molecular flexibility index (Phi) is 5.52. The smallest absolute Gasteiger partial charge is 0.256 e. The molecule has 1 aliphatic rings. The van der Waals surface area contributed by atoms with Crippen molar-refractivity contribution < 1.29 is 14.3 Å². The average molecular weight is 405 g/mol. The van der Waals surface area contributed by atoms with E-state index in [1.165, 1.54) is 0 Å². The number of aromatic amines is 1. The highest BCUT2D eigenvalue weighted by molar-refractivity contribution is 5.94. The van der Waals surface area contributed by atoms with Crippen LogP contribution in [0.1, 0.15) is 33.0 Å². The molecule has 0 aliphatic carbocycles. The number of rotatable bonds is 5. The lowest BCUT2D eigenvalue weighted by molar-refractivity contribution is 0.0732. The zero-order valence-corrected chi connectivity index (χ0v) is 17.0. The summed E-state index contributed by atoms with van der Waals surface area (Å²) in [7, 11) is 3.19. The van der Waals surface area contributed by atoms with Crippen molar-refractivity contribution in [3.63, 3.8) is 0 Å². The fourth-order valence-corrected chi connectivity index (χ4v) is 3.65. The van der Waals surface area contributed by atoms with Crippen LogP contribution in [0, 0.1) is 0 Å². The van der Waals surface area contributed by atoms with Gasteiger partial charge in [0.2, 0.25) is 0 Å². The summed E-state index contributed by atoms with van der Waals surface area (Å²) in [6, 6.07) is 14.7. The first kappa shape index (κ1) is 19.7. The fraction of sp³-hybridized carbons (Fsp3) is 0.261. The highest BCUT2D eigenvalue weighted by Crippen LogP contribution is 2.20. The van der Waals surface area contributed by atoms with Gasteiger partial charge in [-0.25, -0.2) is 4.98 Å². The molecule has 1 aliphatic heterocycles. The van der Waals surface area contributed by atoms with Crippen LogP contribution in [0.3, 0.4) is 0 Å². The van der Waals surface area contributed by atoms with Gasteiger partial charge in [-0.15, -0.1) is 0 Å². The number of methoxy groups -OCH3 is 2. The number of nitrogens with zero attached hydrogens (tertiary/aromatic N) is 2. The van der Waals surface area contributed by atoms with Gasteiger partial charge in [0.1, 0.15) is 17.3 Å². The molecule has 2 aromatic carbocycles. The van der Waals surface area contributed by atoms with E-state index < -0.39 is 0 Å². The van der Waals surface area contributed by atoms with Gasteiger partial charge >= 0.3 is 0 Å². The number of ether oxygens (including phenoxy) is 2. The Balaban J connectivity index is 1.54. The molecule has 0 fully saturated rings. The van der Waals surface area contributed by atoms with E-state index >= 15 is 0 Å². The Morgan fingerprint density at radius 3 is 2.60 bits per heavy atom. The van der Waals surface area contributed by atoms with Gasteiger partial charge < -0.3 is 19.4 Å². The van der Waals surface area contributed by atoms with Crippen LogP contribution in [0.25, 0.3) is 0 Å². The monoisotopic (exact) mass is 405 g/mol. The van der Waals surface area contributed by atoms with Gasteiger partial charge in [-0.2, -0.15) is 0 Å². The molecule has 2 heterocycles. The van der Waals surface area contributed by atoms with E-state index in [0.29, 0.717) is 42.1 Å². The molecule has 30 heavy (non-hydrogen) atoms. The maximum absolute atomic E-state index is 12.9. The van der Waals surface area contributed by atoms with Crippen molar-refractivity contribution in [3.8, 4) is 11.5 Å². The molecule has 7 nitrogen and oxygen atoms in total. The SMILES string of the molecule is COc1cccc(Cc2nc3c(c(=O)[nH]2)CN(C(=O)c2cccc(OC)c2)CC3)c1. The third kappa shape index (κ3) is 4.05. The largest absolute Gasteiger partial charge is 0.497 e. The molecular weight excluding hydrogens is 382 g/mol. The lowest BCUT2D eigenvalue weighted by atomic mass is 10.0. The van der Waals surface area contributed by atoms with E-state index in [9.17, 15) is 9.59 Å². The molecule has 1 N–H and O–H groups in total. The Bertz CT molecular complexity index is 1140. The Morgan fingerprint density at radius 2 is 1.83 bits per heavy atom. The topological polar surface area (TPSA) is 84.5 Å². The molecule has 154 valence electrons. The molecule has 0 spiro atoms. The minimum atomic E-state index is -0.193. The van der Waals surface area contributed by atoms with Gasteiger partial charge in [0.15, 0.2) is 0 Å². The molecule has 0 unspecified atom stereocenters. The van der Waals surface area contributed by atoms with Crippen LogP contribution < -0.4 is 15.0 Å². The summed E-state index contributed by atoms with van der Waals surface area (Å²) in [6.07, 6.45) is 1.05. The lowest BCUT2D eigenvalue weighted by Gasteiger charge is -2.28. The molecule has 0 atom stereocenters. The van der Waals surface area contributed by atoms with Crippen LogP contribution >= 0.6 is 0 Å². The van der Waals surface area contributed by atoms with E-state index in [1.54, 1.807) is 43.4 Å². The molecule has 3 aromatic rings. The minimum Gasteiger partial charge on any atom is -0.497 e. The van der Waals surface area contributed by atoms with Gasteiger partial charge in [0, 0.05) is 24.9 Å². The van der Waals surface area contributed by atoms with E-state index in [2.05, 4.69) is 9.97 Å². The van der Waals surface area contributed by atoms with Crippen molar-refractivity contribution in [2.75, 3.05) is 20.8 Å². The van der Waals surface area contributed by atoms with E-state index in [4.69, 9.17) is 9.47 Å². The second-order valence-corrected chi connectivity index (χ2v) is 7.17. The Hall–Kier alpha value is -3.61. The summed E-state index contributed by atoms with van der Waals surface area (Å²) in [5.74, 6) is 1.87. The zero-order valence-electron chi connectivity index (χ0n) is 17.0. The van der Waals surface area contributed by atoms with E-state index in [0.717, 1.165) is 17.0 Å². The standard InChI is InChI=1S/C23H23N3O4/c1-29-17-7-3-5-15(11-17)12-21-24-20-9-10-26(14-19(20)22(27)25-21)23(28)16-6-4-8-18(13-16)30-2/h3-8,11,13H,9-10,12,14H2,1-2H3,(H,24,25,27). The van der Waals surface area contributed by atoms with Crippen molar-refractivity contribution in [1.29, 1.82) is 0 Å². The molecule has 0 saturated heterocycles. The first-order chi connectivity index (χ1) is 14.6. The number of amides is 1. The van der Waals surface area contributed by atoms with E-state index in [-0.39, 0.29) is 18.0 Å². The van der Waals surface area contributed by atoms with Crippen LogP contribution in [-0.4, -0.2) is 41.5 Å². The van der Waals surface area contributed by atoms with Crippen LogP contribution in [0.4, 0.5) is 0 Å². The van der Waals surface area contributed by atoms with Crippen LogP contribution in [-0.2, 0) is 19.4 Å². The van der Waals surface area contributed by atoms with Gasteiger partial charge in [-0.05, 0) is 35.9 Å². The molecule has 4 rings (SSSR count). The summed E-state index contributed by atoms with van der Waals surface area (Å²) in [5, 5.41) is 0. The van der Waals surface area contributed by atoms with Crippen molar-refractivity contribution >= 4 is 5.91 Å². The highest BCUT2D eigenvalue weighted by Gasteiger charge is 2.25. The maximum Gasteiger partial charge on any atom is 0.256 e. The second kappa shape index (κ2) is 8.41. The summed E-state index contributed by atoms with van der Waals surface area (Å²) in [6.45, 7) is 0.755. The summed E-state index contributed by atoms with van der Waals surface area (Å²) in [4.78, 5) is 34.8. The molecule has 1 amide bonds. The zero-order chi connectivity index (χ0) is 21.1. The highest BCUT2D eigenvalue weighted by atomic mass is 16.5. The number of nitrogens with one attached hydrogen (secondary N) is 1. The molecule has 0 radical (unpaired) electrons. The number of fused-ring (bicyclic) bond motifs is 1. The van der Waals surface area contributed by atoms with Crippen LogP contribution in [0.5, 0.6) is 11.5 Å². The number of carbonyl (C=O) groups excluding carboxylic acids is 1. The predicted molar refractivity (Wildman–Crippen MR) is 112 cm³/mol. The second-order valence-electron chi connectivity index (χ2n) is 7.17. The first-order valence-electron chi connectivity index (χ1n) is 9.74. The average Bonchev–Trinajstić information content (AvgIpc) is 2.78. The van der Waals surface area contributed by atoms with Crippen molar-refractivity contribution in [1.82, 2.24) is 14.9 Å². The lowest BCUT2D eigenvalue weighted by Crippen LogP contribution is -2.39.